The van der Waals surface area contributed by atoms with Crippen LogP contribution in [0.2, 0.25) is 0 Å². The maximum atomic E-state index is 4.61. The van der Waals surface area contributed by atoms with Crippen LogP contribution in [0.25, 0.3) is 33.4 Å². The Hall–Kier alpha value is -3.46. The zero-order chi connectivity index (χ0) is 18.1. The number of aromatic nitrogens is 3. The van der Waals surface area contributed by atoms with Crippen molar-refractivity contribution in [2.45, 2.75) is 12.8 Å². The molecule has 27 heavy (non-hydrogen) atoms. The summed E-state index contributed by atoms with van der Waals surface area (Å²) < 4.78 is 2.21. The number of benzene rings is 3. The molecule has 4 aromatic rings. The Labute approximate surface area is 158 Å². The Morgan fingerprint density at radius 1 is 0.741 bits per heavy atom. The highest BCUT2D eigenvalue weighted by Crippen LogP contribution is 2.32. The summed E-state index contributed by atoms with van der Waals surface area (Å²) in [6.45, 7) is 0. The van der Waals surface area contributed by atoms with Crippen LogP contribution in [0.5, 0.6) is 0 Å². The van der Waals surface area contributed by atoms with Crippen LogP contribution in [-0.2, 0) is 0 Å². The molecule has 0 unspecified atom stereocenters. The van der Waals surface area contributed by atoms with E-state index < -0.39 is 0 Å². The Morgan fingerprint density at radius 2 is 1.52 bits per heavy atom. The SMILES string of the molecule is C1=CCCC(c2nnc(-c3ccccc3)n2-c2cccc3ccccc23)=C1. The van der Waals surface area contributed by atoms with E-state index in [1.165, 1.54) is 16.3 Å². The van der Waals surface area contributed by atoms with Gasteiger partial charge in [-0.15, -0.1) is 10.2 Å². The minimum Gasteiger partial charge on any atom is -0.275 e. The van der Waals surface area contributed by atoms with Gasteiger partial charge in [0, 0.05) is 10.9 Å². The molecule has 3 aromatic carbocycles. The average molecular weight is 349 g/mol. The van der Waals surface area contributed by atoms with Gasteiger partial charge in [0.05, 0.1) is 5.69 Å². The molecule has 1 aromatic heterocycles. The summed E-state index contributed by atoms with van der Waals surface area (Å²) in [5.74, 6) is 1.80. The Kier molecular flexibility index (Phi) is 3.91. The molecule has 1 aliphatic rings. The lowest BCUT2D eigenvalue weighted by molar-refractivity contribution is 0.968. The van der Waals surface area contributed by atoms with Crippen LogP contribution in [-0.4, -0.2) is 14.8 Å². The molecule has 0 spiro atoms. The first kappa shape index (κ1) is 15.8. The molecule has 0 bridgehead atoms. The molecule has 130 valence electrons. The third-order valence-electron chi connectivity index (χ3n) is 5.00. The summed E-state index contributed by atoms with van der Waals surface area (Å²) in [6.07, 6.45) is 8.48. The molecule has 0 aliphatic heterocycles. The monoisotopic (exact) mass is 349 g/mol. The zero-order valence-corrected chi connectivity index (χ0v) is 14.9. The van der Waals surface area contributed by atoms with Gasteiger partial charge in [-0.3, -0.25) is 4.57 Å². The van der Waals surface area contributed by atoms with Crippen molar-refractivity contribution >= 4 is 16.3 Å². The Bertz CT molecular complexity index is 1160. The number of nitrogens with zero attached hydrogens (tertiary/aromatic N) is 3. The summed E-state index contributed by atoms with van der Waals surface area (Å²) in [7, 11) is 0. The Balaban J connectivity index is 1.82. The molecule has 0 radical (unpaired) electrons. The van der Waals surface area contributed by atoms with Crippen LogP contribution >= 0.6 is 0 Å². The molecule has 0 N–H and O–H groups in total. The topological polar surface area (TPSA) is 30.7 Å². The molecule has 0 saturated carbocycles. The van der Waals surface area contributed by atoms with Gasteiger partial charge in [-0.25, -0.2) is 0 Å². The van der Waals surface area contributed by atoms with Gasteiger partial charge < -0.3 is 0 Å². The molecule has 0 atom stereocenters. The first-order chi connectivity index (χ1) is 13.4. The standard InChI is InChI=1S/C24H19N3/c1-3-11-19(12-4-1)23-25-26-24(20-13-5-2-6-14-20)27(23)22-17-9-15-18-10-7-8-16-21(18)22/h1-5,7-13,15-17H,6,14H2. The first-order valence-corrected chi connectivity index (χ1v) is 9.27. The van der Waals surface area contributed by atoms with Crippen molar-refractivity contribution in [3.05, 3.63) is 96.8 Å². The lowest BCUT2D eigenvalue weighted by atomic mass is 10.0. The number of hydrogen-bond acceptors (Lipinski definition) is 2. The number of fused-ring (bicyclic) bond motifs is 1. The van der Waals surface area contributed by atoms with E-state index in [0.717, 1.165) is 35.7 Å². The van der Waals surface area contributed by atoms with Crippen molar-refractivity contribution in [3.63, 3.8) is 0 Å². The highest BCUT2D eigenvalue weighted by Gasteiger charge is 2.20. The van der Waals surface area contributed by atoms with Crippen LogP contribution in [0.1, 0.15) is 18.7 Å². The van der Waals surface area contributed by atoms with Gasteiger partial charge in [0.15, 0.2) is 11.6 Å². The van der Waals surface area contributed by atoms with Crippen molar-refractivity contribution in [1.82, 2.24) is 14.8 Å². The van der Waals surface area contributed by atoms with E-state index in [2.05, 4.69) is 87.6 Å². The summed E-state index contributed by atoms with van der Waals surface area (Å²) >= 11 is 0. The fourth-order valence-corrected chi connectivity index (χ4v) is 3.69. The van der Waals surface area contributed by atoms with E-state index in [1.807, 2.05) is 18.2 Å². The third-order valence-corrected chi connectivity index (χ3v) is 5.00. The van der Waals surface area contributed by atoms with Gasteiger partial charge in [-0.1, -0.05) is 85.0 Å². The van der Waals surface area contributed by atoms with Crippen LogP contribution in [0.4, 0.5) is 0 Å². The molecule has 0 saturated heterocycles. The molecule has 5 rings (SSSR count). The van der Waals surface area contributed by atoms with E-state index >= 15 is 0 Å². The van der Waals surface area contributed by atoms with Gasteiger partial charge >= 0.3 is 0 Å². The molecule has 0 amide bonds. The predicted octanol–water partition coefficient (Wildman–Crippen LogP) is 5.82. The third kappa shape index (κ3) is 2.77. The van der Waals surface area contributed by atoms with E-state index in [9.17, 15) is 0 Å². The molecule has 3 nitrogen and oxygen atoms in total. The summed E-state index contributed by atoms with van der Waals surface area (Å²) in [4.78, 5) is 0. The lowest BCUT2D eigenvalue weighted by Gasteiger charge is -2.15. The van der Waals surface area contributed by atoms with Gasteiger partial charge in [0.25, 0.3) is 0 Å². The molecule has 1 aliphatic carbocycles. The summed E-state index contributed by atoms with van der Waals surface area (Å²) in [5.41, 5.74) is 3.40. The summed E-state index contributed by atoms with van der Waals surface area (Å²) in [5, 5.41) is 11.6. The van der Waals surface area contributed by atoms with Gasteiger partial charge in [0.1, 0.15) is 0 Å². The first-order valence-electron chi connectivity index (χ1n) is 9.27. The van der Waals surface area contributed by atoms with E-state index in [4.69, 9.17) is 0 Å². The smallest absolute Gasteiger partial charge is 0.168 e. The number of hydrogen-bond donors (Lipinski definition) is 0. The van der Waals surface area contributed by atoms with Crippen LogP contribution in [0.15, 0.2) is 91.0 Å². The van der Waals surface area contributed by atoms with Gasteiger partial charge in [0.2, 0.25) is 0 Å². The molecule has 3 heteroatoms. The lowest BCUT2D eigenvalue weighted by Crippen LogP contribution is -2.04. The van der Waals surface area contributed by atoms with Crippen LogP contribution in [0.3, 0.4) is 0 Å². The van der Waals surface area contributed by atoms with Crippen molar-refractivity contribution in [2.75, 3.05) is 0 Å². The van der Waals surface area contributed by atoms with E-state index in [-0.39, 0.29) is 0 Å². The number of allylic oxidation sites excluding steroid dienone is 4. The van der Waals surface area contributed by atoms with Crippen molar-refractivity contribution in [3.8, 4) is 17.1 Å². The number of rotatable bonds is 3. The fourth-order valence-electron chi connectivity index (χ4n) is 3.69. The molecule has 1 heterocycles. The predicted molar refractivity (Wildman–Crippen MR) is 111 cm³/mol. The van der Waals surface area contributed by atoms with Crippen LogP contribution in [0, 0.1) is 0 Å². The highest BCUT2D eigenvalue weighted by atomic mass is 15.3. The highest BCUT2D eigenvalue weighted by molar-refractivity contribution is 5.91. The largest absolute Gasteiger partial charge is 0.275 e. The van der Waals surface area contributed by atoms with Crippen molar-refractivity contribution in [1.29, 1.82) is 0 Å². The quantitative estimate of drug-likeness (QED) is 0.466. The van der Waals surface area contributed by atoms with Crippen molar-refractivity contribution in [2.24, 2.45) is 0 Å². The van der Waals surface area contributed by atoms with Crippen LogP contribution < -0.4 is 0 Å². The molecule has 0 fully saturated rings. The zero-order valence-electron chi connectivity index (χ0n) is 14.9. The average Bonchev–Trinajstić information content (AvgIpc) is 3.19. The fraction of sp³-hybridized carbons (Fsp3) is 0.0833. The second-order valence-electron chi connectivity index (χ2n) is 6.71. The summed E-state index contributed by atoms with van der Waals surface area (Å²) in [6, 6.07) is 25.2. The minimum absolute atomic E-state index is 0.873. The minimum atomic E-state index is 0.873. The second-order valence-corrected chi connectivity index (χ2v) is 6.71. The maximum absolute atomic E-state index is 4.61. The van der Waals surface area contributed by atoms with Gasteiger partial charge in [-0.05, 0) is 29.9 Å². The van der Waals surface area contributed by atoms with E-state index in [0.29, 0.717) is 0 Å². The molecular weight excluding hydrogens is 330 g/mol. The Morgan fingerprint density at radius 3 is 2.37 bits per heavy atom. The van der Waals surface area contributed by atoms with E-state index in [1.54, 1.807) is 0 Å². The molecular formula is C24H19N3. The second kappa shape index (κ2) is 6.69. The van der Waals surface area contributed by atoms with Crippen molar-refractivity contribution < 1.29 is 0 Å². The van der Waals surface area contributed by atoms with Gasteiger partial charge in [-0.2, -0.15) is 0 Å². The normalized spacial score (nSPS) is 13.7. The maximum Gasteiger partial charge on any atom is 0.168 e.